The number of ether oxygens (including phenoxy) is 1. The maximum absolute atomic E-state index is 11.2. The molecule has 0 aromatic heterocycles. The van der Waals surface area contributed by atoms with Crippen molar-refractivity contribution in [1.29, 1.82) is 0 Å². The van der Waals surface area contributed by atoms with Crippen molar-refractivity contribution in [3.8, 4) is 5.75 Å². The first kappa shape index (κ1) is 23.0. The van der Waals surface area contributed by atoms with E-state index < -0.39 is 9.84 Å². The minimum atomic E-state index is -2.98. The predicted octanol–water partition coefficient (Wildman–Crippen LogP) is 1.98. The number of halogens is 1. The molecule has 2 N–H and O–H groups in total. The van der Waals surface area contributed by atoms with Crippen LogP contribution in [-0.4, -0.2) is 52.1 Å². The van der Waals surface area contributed by atoms with Crippen LogP contribution in [0.25, 0.3) is 0 Å². The number of sulfone groups is 1. The number of hydrogen-bond acceptors (Lipinski definition) is 4. The predicted molar refractivity (Wildman–Crippen MR) is 110 cm³/mol. The van der Waals surface area contributed by atoms with Gasteiger partial charge in [0.25, 0.3) is 0 Å². The standard InChI is InChI=1S/C16H27N3O3S.HI/c1-5-17-16(18-10-11-23(4,20)21)19-12-14(3)22-15-9-7-6-8-13(15)2;/h6-9,14H,5,10-12H2,1-4H3,(H2,17,18,19);1H. The number of nitrogens with zero attached hydrogens (tertiary/aromatic N) is 1. The molecule has 1 rings (SSSR count). The molecular weight excluding hydrogens is 441 g/mol. The second kappa shape index (κ2) is 11.5. The second-order valence-corrected chi connectivity index (χ2v) is 7.73. The van der Waals surface area contributed by atoms with Crippen LogP contribution in [0.4, 0.5) is 0 Å². The van der Waals surface area contributed by atoms with E-state index in [1.54, 1.807) is 0 Å². The molecule has 1 atom stereocenters. The molecule has 8 heteroatoms. The molecule has 0 radical (unpaired) electrons. The first-order chi connectivity index (χ1) is 10.8. The molecule has 0 heterocycles. The van der Waals surface area contributed by atoms with E-state index in [2.05, 4.69) is 15.6 Å². The van der Waals surface area contributed by atoms with Gasteiger partial charge in [0.05, 0.1) is 12.3 Å². The molecule has 24 heavy (non-hydrogen) atoms. The number of aryl methyl sites for hydroxylation is 1. The highest BCUT2D eigenvalue weighted by molar-refractivity contribution is 14.0. The lowest BCUT2D eigenvalue weighted by atomic mass is 10.2. The molecule has 0 spiro atoms. The molecule has 138 valence electrons. The normalized spacial score (nSPS) is 12.9. The number of rotatable bonds is 8. The SMILES string of the molecule is CCNC(=NCC(C)Oc1ccccc1C)NCCS(C)(=O)=O.I. The van der Waals surface area contributed by atoms with Crippen LogP contribution in [0.1, 0.15) is 19.4 Å². The van der Waals surface area contributed by atoms with Crippen LogP contribution in [0, 0.1) is 6.92 Å². The smallest absolute Gasteiger partial charge is 0.191 e. The van der Waals surface area contributed by atoms with Gasteiger partial charge < -0.3 is 15.4 Å². The molecule has 0 bridgehead atoms. The van der Waals surface area contributed by atoms with Crippen LogP contribution in [-0.2, 0) is 9.84 Å². The van der Waals surface area contributed by atoms with Gasteiger partial charge in [-0.05, 0) is 32.4 Å². The van der Waals surface area contributed by atoms with Gasteiger partial charge in [-0.2, -0.15) is 0 Å². The maximum atomic E-state index is 11.2. The molecule has 0 aliphatic rings. The summed E-state index contributed by atoms with van der Waals surface area (Å²) in [7, 11) is -2.98. The Hall–Kier alpha value is -1.03. The Bertz CT molecular complexity index is 621. The number of para-hydroxylation sites is 1. The summed E-state index contributed by atoms with van der Waals surface area (Å²) in [5.74, 6) is 1.52. The van der Waals surface area contributed by atoms with Gasteiger partial charge in [0.1, 0.15) is 21.7 Å². The van der Waals surface area contributed by atoms with E-state index in [1.165, 1.54) is 6.26 Å². The Kier molecular flexibility index (Phi) is 11.0. The largest absolute Gasteiger partial charge is 0.489 e. The molecule has 1 aromatic rings. The zero-order valence-electron chi connectivity index (χ0n) is 14.7. The third kappa shape index (κ3) is 9.96. The Morgan fingerprint density at radius 2 is 1.96 bits per heavy atom. The fourth-order valence-electron chi connectivity index (χ4n) is 1.86. The maximum Gasteiger partial charge on any atom is 0.191 e. The van der Waals surface area contributed by atoms with Crippen LogP contribution in [0.5, 0.6) is 5.75 Å². The molecule has 0 fully saturated rings. The molecule has 0 aliphatic heterocycles. The van der Waals surface area contributed by atoms with E-state index >= 15 is 0 Å². The van der Waals surface area contributed by atoms with Gasteiger partial charge in [-0.3, -0.25) is 0 Å². The van der Waals surface area contributed by atoms with Gasteiger partial charge >= 0.3 is 0 Å². The summed E-state index contributed by atoms with van der Waals surface area (Å²) in [6.45, 7) is 7.43. The fraction of sp³-hybridized carbons (Fsp3) is 0.562. The zero-order valence-corrected chi connectivity index (χ0v) is 17.9. The van der Waals surface area contributed by atoms with Crippen LogP contribution in [0.2, 0.25) is 0 Å². The van der Waals surface area contributed by atoms with E-state index in [4.69, 9.17) is 4.74 Å². The number of aliphatic imine (C=N–C) groups is 1. The Morgan fingerprint density at radius 1 is 1.29 bits per heavy atom. The average molecular weight is 469 g/mol. The minimum absolute atomic E-state index is 0. The van der Waals surface area contributed by atoms with Gasteiger partial charge in [-0.1, -0.05) is 18.2 Å². The number of guanidine groups is 1. The summed E-state index contributed by atoms with van der Waals surface area (Å²) in [5.41, 5.74) is 1.08. The van der Waals surface area contributed by atoms with Gasteiger partial charge in [0.15, 0.2) is 5.96 Å². The summed E-state index contributed by atoms with van der Waals surface area (Å²) in [6.07, 6.45) is 1.14. The van der Waals surface area contributed by atoms with Gasteiger partial charge in [-0.25, -0.2) is 13.4 Å². The van der Waals surface area contributed by atoms with Gasteiger partial charge in [-0.15, -0.1) is 24.0 Å². The lowest BCUT2D eigenvalue weighted by Gasteiger charge is -2.16. The van der Waals surface area contributed by atoms with Crippen molar-refractivity contribution in [1.82, 2.24) is 10.6 Å². The van der Waals surface area contributed by atoms with E-state index in [9.17, 15) is 8.42 Å². The summed E-state index contributed by atoms with van der Waals surface area (Å²) in [4.78, 5) is 4.43. The van der Waals surface area contributed by atoms with Crippen molar-refractivity contribution in [2.75, 3.05) is 31.6 Å². The van der Waals surface area contributed by atoms with Crippen molar-refractivity contribution in [2.24, 2.45) is 4.99 Å². The highest BCUT2D eigenvalue weighted by Gasteiger charge is 2.07. The summed E-state index contributed by atoms with van der Waals surface area (Å²) in [6, 6.07) is 7.85. The fourth-order valence-corrected chi connectivity index (χ4v) is 2.33. The molecule has 1 aromatic carbocycles. The lowest BCUT2D eigenvalue weighted by Crippen LogP contribution is -2.40. The van der Waals surface area contributed by atoms with E-state index in [-0.39, 0.29) is 35.8 Å². The highest BCUT2D eigenvalue weighted by Crippen LogP contribution is 2.17. The number of nitrogens with one attached hydrogen (secondary N) is 2. The first-order valence-corrected chi connectivity index (χ1v) is 9.80. The van der Waals surface area contributed by atoms with Crippen molar-refractivity contribution < 1.29 is 13.2 Å². The number of benzene rings is 1. The van der Waals surface area contributed by atoms with Crippen LogP contribution < -0.4 is 15.4 Å². The third-order valence-electron chi connectivity index (χ3n) is 3.04. The molecule has 0 saturated carbocycles. The minimum Gasteiger partial charge on any atom is -0.489 e. The average Bonchev–Trinajstić information content (AvgIpc) is 2.46. The molecule has 6 nitrogen and oxygen atoms in total. The Morgan fingerprint density at radius 3 is 2.54 bits per heavy atom. The van der Waals surface area contributed by atoms with E-state index in [0.717, 1.165) is 11.3 Å². The van der Waals surface area contributed by atoms with Crippen LogP contribution >= 0.6 is 24.0 Å². The van der Waals surface area contributed by atoms with Crippen molar-refractivity contribution in [3.63, 3.8) is 0 Å². The van der Waals surface area contributed by atoms with Crippen LogP contribution in [0.15, 0.2) is 29.3 Å². The van der Waals surface area contributed by atoms with Crippen molar-refractivity contribution in [2.45, 2.75) is 26.9 Å². The highest BCUT2D eigenvalue weighted by atomic mass is 127. The van der Waals surface area contributed by atoms with Gasteiger partial charge in [0, 0.05) is 19.3 Å². The molecule has 0 amide bonds. The van der Waals surface area contributed by atoms with Crippen LogP contribution in [0.3, 0.4) is 0 Å². The molecule has 1 unspecified atom stereocenters. The van der Waals surface area contributed by atoms with E-state index in [1.807, 2.05) is 45.0 Å². The Labute approximate surface area is 162 Å². The molecule has 0 aliphatic carbocycles. The number of hydrogen-bond donors (Lipinski definition) is 2. The van der Waals surface area contributed by atoms with Crippen molar-refractivity contribution >= 4 is 39.8 Å². The second-order valence-electron chi connectivity index (χ2n) is 5.47. The van der Waals surface area contributed by atoms with Gasteiger partial charge in [0.2, 0.25) is 0 Å². The topological polar surface area (TPSA) is 79.8 Å². The third-order valence-corrected chi connectivity index (χ3v) is 3.98. The monoisotopic (exact) mass is 469 g/mol. The Balaban J connectivity index is 0.00000529. The van der Waals surface area contributed by atoms with E-state index in [0.29, 0.717) is 25.6 Å². The lowest BCUT2D eigenvalue weighted by molar-refractivity contribution is 0.228. The molecule has 0 saturated heterocycles. The zero-order chi connectivity index (χ0) is 17.3. The summed E-state index contributed by atoms with van der Waals surface area (Å²) < 4.78 is 28.2. The van der Waals surface area contributed by atoms with Crippen molar-refractivity contribution in [3.05, 3.63) is 29.8 Å². The summed E-state index contributed by atoms with van der Waals surface area (Å²) in [5, 5.41) is 6.10. The summed E-state index contributed by atoms with van der Waals surface area (Å²) >= 11 is 0. The first-order valence-electron chi connectivity index (χ1n) is 7.74. The molecular formula is C16H28IN3O3S. The quantitative estimate of drug-likeness (QED) is 0.346.